The smallest absolute Gasteiger partial charge is 0.262 e. The van der Waals surface area contributed by atoms with Gasteiger partial charge in [0.15, 0.2) is 4.77 Å². The molecule has 0 aliphatic heterocycles. The van der Waals surface area contributed by atoms with Crippen molar-refractivity contribution in [1.29, 1.82) is 0 Å². The van der Waals surface area contributed by atoms with Gasteiger partial charge < -0.3 is 10.3 Å². The van der Waals surface area contributed by atoms with Gasteiger partial charge in [0, 0.05) is 30.4 Å². The second-order valence-electron chi connectivity index (χ2n) is 6.24. The average molecular weight is 371 g/mol. The van der Waals surface area contributed by atoms with Gasteiger partial charge in [-0.1, -0.05) is 0 Å². The summed E-state index contributed by atoms with van der Waals surface area (Å²) in [5, 5.41) is 7.68. The lowest BCUT2D eigenvalue weighted by atomic mass is 10.1. The number of nitrogens with one attached hydrogen (secondary N) is 2. The van der Waals surface area contributed by atoms with E-state index in [-0.39, 0.29) is 17.5 Å². The predicted octanol–water partition coefficient (Wildman–Crippen LogP) is 2.61. The van der Waals surface area contributed by atoms with Crippen LogP contribution in [-0.2, 0) is 13.6 Å². The van der Waals surface area contributed by atoms with E-state index in [9.17, 15) is 9.59 Å². The molecule has 0 saturated carbocycles. The van der Waals surface area contributed by atoms with Gasteiger partial charge in [-0.3, -0.25) is 18.8 Å². The third kappa shape index (κ3) is 3.08. The molecule has 0 saturated heterocycles. The number of aromatic amines is 1. The fourth-order valence-electron chi connectivity index (χ4n) is 2.98. The number of benzene rings is 1. The van der Waals surface area contributed by atoms with E-state index in [1.807, 2.05) is 27.8 Å². The van der Waals surface area contributed by atoms with E-state index in [0.717, 1.165) is 11.3 Å². The van der Waals surface area contributed by atoms with Crippen LogP contribution >= 0.6 is 12.2 Å². The number of aryl methyl sites for hydroxylation is 1. The summed E-state index contributed by atoms with van der Waals surface area (Å²) in [6, 6.07) is 4.78. The number of nitrogens with zero attached hydrogens (tertiary/aromatic N) is 3. The number of H-pyrrole nitrogens is 1. The molecule has 0 bridgehead atoms. The van der Waals surface area contributed by atoms with E-state index in [2.05, 4.69) is 15.4 Å². The Balaban J connectivity index is 1.93. The van der Waals surface area contributed by atoms with Crippen LogP contribution in [0.1, 0.15) is 41.5 Å². The van der Waals surface area contributed by atoms with Crippen LogP contribution in [0.15, 0.2) is 29.2 Å². The van der Waals surface area contributed by atoms with Crippen molar-refractivity contribution in [1.82, 2.24) is 24.6 Å². The molecule has 0 unspecified atom stereocenters. The van der Waals surface area contributed by atoms with Gasteiger partial charge in [0.2, 0.25) is 0 Å². The molecule has 0 radical (unpaired) electrons. The van der Waals surface area contributed by atoms with Gasteiger partial charge in [-0.25, -0.2) is 0 Å². The lowest BCUT2D eigenvalue weighted by Crippen LogP contribution is -2.27. The Bertz CT molecular complexity index is 1110. The standard InChI is InChI=1S/C18H21N5O2S/c1-5-23-17(25)13-7-6-12(8-15(13)21-18(23)26)16(24)20-10(2)14-9-19-22(4)11(14)3/h6-10H,5H2,1-4H3,(H,20,24)(H,21,26)/t10-/m0/s1. The van der Waals surface area contributed by atoms with Crippen molar-refractivity contribution in [3.63, 3.8) is 0 Å². The van der Waals surface area contributed by atoms with Crippen molar-refractivity contribution < 1.29 is 4.79 Å². The highest BCUT2D eigenvalue weighted by atomic mass is 32.1. The first-order valence-corrected chi connectivity index (χ1v) is 8.80. The van der Waals surface area contributed by atoms with Crippen LogP contribution in [0.2, 0.25) is 0 Å². The van der Waals surface area contributed by atoms with Gasteiger partial charge in [-0.2, -0.15) is 5.10 Å². The average Bonchev–Trinajstić information content (AvgIpc) is 2.94. The summed E-state index contributed by atoms with van der Waals surface area (Å²) in [5.74, 6) is -0.221. The Hall–Kier alpha value is -2.74. The van der Waals surface area contributed by atoms with Gasteiger partial charge in [0.1, 0.15) is 0 Å². The van der Waals surface area contributed by atoms with E-state index in [1.54, 1.807) is 29.1 Å². The quantitative estimate of drug-likeness (QED) is 0.691. The maximum atomic E-state index is 12.6. The second-order valence-corrected chi connectivity index (χ2v) is 6.63. The molecule has 3 rings (SSSR count). The largest absolute Gasteiger partial charge is 0.345 e. The number of hydrogen-bond acceptors (Lipinski definition) is 4. The van der Waals surface area contributed by atoms with Gasteiger partial charge in [0.05, 0.1) is 23.1 Å². The van der Waals surface area contributed by atoms with E-state index in [0.29, 0.717) is 27.8 Å². The van der Waals surface area contributed by atoms with E-state index in [4.69, 9.17) is 12.2 Å². The van der Waals surface area contributed by atoms with E-state index >= 15 is 0 Å². The first kappa shape index (κ1) is 18.1. The van der Waals surface area contributed by atoms with Crippen LogP contribution in [0.5, 0.6) is 0 Å². The number of hydrogen-bond donors (Lipinski definition) is 2. The molecule has 1 aromatic carbocycles. The van der Waals surface area contributed by atoms with E-state index in [1.165, 1.54) is 4.57 Å². The normalized spacial score (nSPS) is 12.3. The molecule has 0 aliphatic carbocycles. The molecule has 8 heteroatoms. The van der Waals surface area contributed by atoms with Crippen LogP contribution in [0.4, 0.5) is 0 Å². The maximum Gasteiger partial charge on any atom is 0.262 e. The van der Waals surface area contributed by atoms with E-state index < -0.39 is 0 Å². The second kappa shape index (κ2) is 6.87. The third-order valence-corrected chi connectivity index (χ3v) is 4.97. The highest BCUT2D eigenvalue weighted by Crippen LogP contribution is 2.17. The zero-order chi connectivity index (χ0) is 19.0. The minimum atomic E-state index is -0.221. The Morgan fingerprint density at radius 3 is 2.77 bits per heavy atom. The molecule has 136 valence electrons. The Morgan fingerprint density at radius 2 is 2.15 bits per heavy atom. The molecule has 1 amide bonds. The summed E-state index contributed by atoms with van der Waals surface area (Å²) in [4.78, 5) is 28.1. The summed E-state index contributed by atoms with van der Waals surface area (Å²) in [6.45, 7) is 6.23. The number of fused-ring (bicyclic) bond motifs is 1. The summed E-state index contributed by atoms with van der Waals surface area (Å²) >= 11 is 5.22. The Morgan fingerprint density at radius 1 is 1.42 bits per heavy atom. The number of amides is 1. The van der Waals surface area contributed by atoms with Gasteiger partial charge >= 0.3 is 0 Å². The summed E-state index contributed by atoms with van der Waals surface area (Å²) in [5.41, 5.74) is 2.83. The van der Waals surface area contributed by atoms with Crippen molar-refractivity contribution in [3.05, 3.63) is 56.3 Å². The SMILES string of the molecule is CCn1c(=S)[nH]c2cc(C(=O)N[C@@H](C)c3cnn(C)c3C)ccc2c1=O. The summed E-state index contributed by atoms with van der Waals surface area (Å²) in [6.07, 6.45) is 1.76. The molecule has 3 aromatic rings. The first-order valence-electron chi connectivity index (χ1n) is 8.39. The molecule has 26 heavy (non-hydrogen) atoms. The van der Waals surface area contributed by atoms with Gasteiger partial charge in [-0.05, 0) is 51.2 Å². The highest BCUT2D eigenvalue weighted by Gasteiger charge is 2.16. The molecule has 0 fully saturated rings. The van der Waals surface area contributed by atoms with Crippen molar-refractivity contribution in [2.75, 3.05) is 0 Å². The summed E-state index contributed by atoms with van der Waals surface area (Å²) < 4.78 is 3.61. The molecule has 7 nitrogen and oxygen atoms in total. The molecule has 2 N–H and O–H groups in total. The lowest BCUT2D eigenvalue weighted by molar-refractivity contribution is 0.0940. The van der Waals surface area contributed by atoms with Gasteiger partial charge in [0.25, 0.3) is 11.5 Å². The van der Waals surface area contributed by atoms with Crippen molar-refractivity contribution in [2.24, 2.45) is 7.05 Å². The number of carbonyl (C=O) groups is 1. The summed E-state index contributed by atoms with van der Waals surface area (Å²) in [7, 11) is 1.86. The van der Waals surface area contributed by atoms with Crippen LogP contribution in [0, 0.1) is 11.7 Å². The van der Waals surface area contributed by atoms with Gasteiger partial charge in [-0.15, -0.1) is 0 Å². The first-order chi connectivity index (χ1) is 12.3. The highest BCUT2D eigenvalue weighted by molar-refractivity contribution is 7.71. The fraction of sp³-hybridized carbons (Fsp3) is 0.333. The minimum Gasteiger partial charge on any atom is -0.345 e. The van der Waals surface area contributed by atoms with Crippen LogP contribution < -0.4 is 10.9 Å². The molecule has 2 aromatic heterocycles. The zero-order valence-corrected chi connectivity index (χ0v) is 16.0. The Labute approximate surface area is 155 Å². The number of aromatic nitrogens is 4. The fourth-order valence-corrected chi connectivity index (χ4v) is 3.30. The molecule has 1 atom stereocenters. The van der Waals surface area contributed by atoms with Crippen LogP contribution in [-0.4, -0.2) is 25.2 Å². The van der Waals surface area contributed by atoms with Crippen molar-refractivity contribution in [3.8, 4) is 0 Å². The molecule has 2 heterocycles. The third-order valence-electron chi connectivity index (χ3n) is 4.65. The molecule has 0 spiro atoms. The number of carbonyl (C=O) groups excluding carboxylic acids is 1. The van der Waals surface area contributed by atoms with Crippen molar-refractivity contribution in [2.45, 2.75) is 33.4 Å². The van der Waals surface area contributed by atoms with Crippen LogP contribution in [0.25, 0.3) is 10.9 Å². The predicted molar refractivity (Wildman–Crippen MR) is 103 cm³/mol. The maximum absolute atomic E-state index is 12.6. The molecular weight excluding hydrogens is 350 g/mol. The minimum absolute atomic E-state index is 0.155. The van der Waals surface area contributed by atoms with Crippen LogP contribution in [0.3, 0.4) is 0 Å². The monoisotopic (exact) mass is 371 g/mol. The Kier molecular flexibility index (Phi) is 4.78. The topological polar surface area (TPSA) is 84.7 Å². The molecule has 0 aliphatic rings. The number of rotatable bonds is 4. The van der Waals surface area contributed by atoms with Crippen molar-refractivity contribution >= 4 is 29.0 Å². The molecular formula is C18H21N5O2S. The lowest BCUT2D eigenvalue weighted by Gasteiger charge is -2.14. The zero-order valence-electron chi connectivity index (χ0n) is 15.2.